The van der Waals surface area contributed by atoms with Crippen LogP contribution in [0.5, 0.6) is 0 Å². The number of aryl methyl sites for hydroxylation is 1. The number of fused-ring (bicyclic) bond motifs is 1. The zero-order valence-corrected chi connectivity index (χ0v) is 15.9. The Labute approximate surface area is 159 Å². The number of benzene rings is 2. The van der Waals surface area contributed by atoms with Gasteiger partial charge in [0.25, 0.3) is 5.91 Å². The van der Waals surface area contributed by atoms with Crippen LogP contribution < -0.4 is 10.2 Å². The van der Waals surface area contributed by atoms with E-state index in [1.165, 1.54) is 11.3 Å². The maximum atomic E-state index is 12.6. The van der Waals surface area contributed by atoms with Gasteiger partial charge in [-0.05, 0) is 68.1 Å². The van der Waals surface area contributed by atoms with Gasteiger partial charge in [-0.15, -0.1) is 0 Å². The van der Waals surface area contributed by atoms with Crippen molar-refractivity contribution >= 4 is 23.1 Å². The van der Waals surface area contributed by atoms with Crippen molar-refractivity contribution in [2.24, 2.45) is 0 Å². The number of aromatic nitrogens is 1. The molecule has 0 saturated heterocycles. The highest BCUT2D eigenvalue weighted by molar-refractivity contribution is 6.04. The molecule has 1 aliphatic rings. The summed E-state index contributed by atoms with van der Waals surface area (Å²) in [5.74, 6) is 0.730. The molecule has 0 bridgehead atoms. The Hall–Kier alpha value is -3.14. The summed E-state index contributed by atoms with van der Waals surface area (Å²) in [4.78, 5) is 19.4. The number of anilines is 3. The van der Waals surface area contributed by atoms with Crippen molar-refractivity contribution < 1.29 is 4.79 Å². The number of nitrogens with one attached hydrogen (secondary N) is 1. The molecular formula is C23H23N3O. The van der Waals surface area contributed by atoms with Crippen LogP contribution in [0.1, 0.15) is 34.0 Å². The topological polar surface area (TPSA) is 45.2 Å². The highest BCUT2D eigenvalue weighted by Gasteiger charge is 2.27. The van der Waals surface area contributed by atoms with E-state index in [0.717, 1.165) is 29.1 Å². The van der Waals surface area contributed by atoms with E-state index >= 15 is 0 Å². The van der Waals surface area contributed by atoms with E-state index in [-0.39, 0.29) is 5.91 Å². The van der Waals surface area contributed by atoms with E-state index in [1.54, 1.807) is 6.20 Å². The molecule has 27 heavy (non-hydrogen) atoms. The molecule has 0 saturated carbocycles. The van der Waals surface area contributed by atoms with Crippen LogP contribution in [0.25, 0.3) is 0 Å². The van der Waals surface area contributed by atoms with Crippen molar-refractivity contribution in [3.05, 3.63) is 83.0 Å². The Morgan fingerprint density at radius 2 is 1.89 bits per heavy atom. The molecule has 0 aliphatic carbocycles. The third kappa shape index (κ3) is 3.19. The second-order valence-electron chi connectivity index (χ2n) is 7.16. The summed E-state index contributed by atoms with van der Waals surface area (Å²) in [6, 6.07) is 18.4. The van der Waals surface area contributed by atoms with Crippen molar-refractivity contribution in [1.29, 1.82) is 0 Å². The Morgan fingerprint density at radius 3 is 2.67 bits per heavy atom. The van der Waals surface area contributed by atoms with Crippen molar-refractivity contribution in [2.75, 3.05) is 10.2 Å². The molecule has 1 aromatic heterocycles. The van der Waals surface area contributed by atoms with Gasteiger partial charge in [0.1, 0.15) is 5.82 Å². The van der Waals surface area contributed by atoms with Crippen LogP contribution in [0.2, 0.25) is 0 Å². The fourth-order valence-electron chi connectivity index (χ4n) is 3.66. The standard InChI is InChI=1S/C23H23N3O/c1-15-7-6-9-20(17(15)3)25-23(27)19-11-12-22(24-14-19)26-16(2)13-18-8-4-5-10-21(18)26/h4-12,14,16H,13H2,1-3H3,(H,25,27). The zero-order chi connectivity index (χ0) is 19.0. The molecule has 1 aliphatic heterocycles. The van der Waals surface area contributed by atoms with Crippen molar-refractivity contribution in [3.63, 3.8) is 0 Å². The Morgan fingerprint density at radius 1 is 1.07 bits per heavy atom. The summed E-state index contributed by atoms with van der Waals surface area (Å²) in [6.45, 7) is 6.25. The van der Waals surface area contributed by atoms with Gasteiger partial charge in [-0.1, -0.05) is 30.3 Å². The van der Waals surface area contributed by atoms with E-state index < -0.39 is 0 Å². The summed E-state index contributed by atoms with van der Waals surface area (Å²) in [7, 11) is 0. The van der Waals surface area contributed by atoms with Gasteiger partial charge in [0, 0.05) is 23.6 Å². The van der Waals surface area contributed by atoms with E-state index in [0.29, 0.717) is 11.6 Å². The molecule has 1 N–H and O–H groups in total. The monoisotopic (exact) mass is 357 g/mol. The van der Waals surface area contributed by atoms with Gasteiger partial charge < -0.3 is 10.2 Å². The first-order chi connectivity index (χ1) is 13.0. The molecule has 0 radical (unpaired) electrons. The fourth-order valence-corrected chi connectivity index (χ4v) is 3.66. The Kier molecular flexibility index (Phi) is 4.40. The van der Waals surface area contributed by atoms with E-state index in [1.807, 2.05) is 44.2 Å². The summed E-state index contributed by atoms with van der Waals surface area (Å²) < 4.78 is 0. The van der Waals surface area contributed by atoms with E-state index in [9.17, 15) is 4.79 Å². The lowest BCUT2D eigenvalue weighted by atomic mass is 10.1. The van der Waals surface area contributed by atoms with Gasteiger partial charge in [0.15, 0.2) is 0 Å². The number of amides is 1. The smallest absolute Gasteiger partial charge is 0.257 e. The van der Waals surface area contributed by atoms with Crippen LogP contribution in [0.15, 0.2) is 60.8 Å². The maximum Gasteiger partial charge on any atom is 0.257 e. The number of carbonyl (C=O) groups is 1. The van der Waals surface area contributed by atoms with E-state index in [2.05, 4.69) is 46.4 Å². The first-order valence-corrected chi connectivity index (χ1v) is 9.25. The second-order valence-corrected chi connectivity index (χ2v) is 7.16. The maximum absolute atomic E-state index is 12.6. The van der Waals surface area contributed by atoms with Crippen LogP contribution >= 0.6 is 0 Å². The van der Waals surface area contributed by atoms with Gasteiger partial charge in [0.2, 0.25) is 0 Å². The second kappa shape index (κ2) is 6.88. The molecule has 1 amide bonds. The lowest BCUT2D eigenvalue weighted by Gasteiger charge is -2.23. The molecule has 3 aromatic rings. The minimum atomic E-state index is -0.141. The highest BCUT2D eigenvalue weighted by Crippen LogP contribution is 2.37. The molecule has 2 heterocycles. The number of carbonyl (C=O) groups excluding carboxylic acids is 1. The number of hydrogen-bond acceptors (Lipinski definition) is 3. The summed E-state index contributed by atoms with van der Waals surface area (Å²) >= 11 is 0. The highest BCUT2D eigenvalue weighted by atomic mass is 16.1. The number of pyridine rings is 1. The number of rotatable bonds is 3. The van der Waals surface area contributed by atoms with Crippen molar-refractivity contribution in [2.45, 2.75) is 33.2 Å². The molecule has 1 atom stereocenters. The number of nitrogens with zero attached hydrogens (tertiary/aromatic N) is 2. The number of hydrogen-bond donors (Lipinski definition) is 1. The molecule has 4 nitrogen and oxygen atoms in total. The number of para-hydroxylation sites is 1. The average Bonchev–Trinajstić information content (AvgIpc) is 3.01. The molecule has 136 valence electrons. The Balaban J connectivity index is 1.56. The normalized spacial score (nSPS) is 15.5. The molecular weight excluding hydrogens is 334 g/mol. The van der Waals surface area contributed by atoms with Crippen LogP contribution in [0.3, 0.4) is 0 Å². The molecule has 0 spiro atoms. The van der Waals surface area contributed by atoms with Gasteiger partial charge in [-0.3, -0.25) is 4.79 Å². The lowest BCUT2D eigenvalue weighted by molar-refractivity contribution is 0.102. The SMILES string of the molecule is Cc1cccc(NC(=O)c2ccc(N3c4ccccc4CC3C)nc2)c1C. The van der Waals surface area contributed by atoms with Crippen LogP contribution in [0.4, 0.5) is 17.2 Å². The van der Waals surface area contributed by atoms with Crippen molar-refractivity contribution in [3.8, 4) is 0 Å². The minimum Gasteiger partial charge on any atom is -0.323 e. The fraction of sp³-hybridized carbons (Fsp3) is 0.217. The third-order valence-electron chi connectivity index (χ3n) is 5.32. The summed E-state index contributed by atoms with van der Waals surface area (Å²) in [5, 5.41) is 2.99. The minimum absolute atomic E-state index is 0.141. The quantitative estimate of drug-likeness (QED) is 0.715. The van der Waals surface area contributed by atoms with Crippen molar-refractivity contribution in [1.82, 2.24) is 4.98 Å². The van der Waals surface area contributed by atoms with Gasteiger partial charge in [-0.2, -0.15) is 0 Å². The van der Waals surface area contributed by atoms with Gasteiger partial charge in [-0.25, -0.2) is 4.98 Å². The molecule has 4 rings (SSSR count). The summed E-state index contributed by atoms with van der Waals surface area (Å²) in [6.07, 6.45) is 2.66. The Bertz CT molecular complexity index is 995. The van der Waals surface area contributed by atoms with Gasteiger partial charge >= 0.3 is 0 Å². The molecule has 2 aromatic carbocycles. The predicted octanol–water partition coefficient (Wildman–Crippen LogP) is 5.03. The lowest BCUT2D eigenvalue weighted by Crippen LogP contribution is -2.25. The van der Waals surface area contributed by atoms with Crippen LogP contribution in [-0.4, -0.2) is 16.9 Å². The molecule has 0 fully saturated rings. The molecule has 1 unspecified atom stereocenters. The predicted molar refractivity (Wildman–Crippen MR) is 110 cm³/mol. The van der Waals surface area contributed by atoms with Crippen LogP contribution in [-0.2, 0) is 6.42 Å². The van der Waals surface area contributed by atoms with Gasteiger partial charge in [0.05, 0.1) is 5.56 Å². The van der Waals surface area contributed by atoms with E-state index in [4.69, 9.17) is 0 Å². The summed E-state index contributed by atoms with van der Waals surface area (Å²) in [5.41, 5.74) is 6.17. The third-order valence-corrected chi connectivity index (χ3v) is 5.32. The first kappa shape index (κ1) is 17.3. The first-order valence-electron chi connectivity index (χ1n) is 9.25. The molecule has 4 heteroatoms. The zero-order valence-electron chi connectivity index (χ0n) is 15.9. The van der Waals surface area contributed by atoms with Crippen LogP contribution in [0, 0.1) is 13.8 Å². The largest absolute Gasteiger partial charge is 0.323 e. The average molecular weight is 357 g/mol.